The minimum Gasteiger partial charge on any atom is -0.276 e. The zero-order valence-electron chi connectivity index (χ0n) is 7.99. The minimum atomic E-state index is 0.580. The first-order chi connectivity index (χ1) is 7.95. The van der Waals surface area contributed by atoms with E-state index in [1.165, 1.54) is 0 Å². The number of nitrogens with zero attached hydrogens (tertiary/aromatic N) is 6. The molecule has 16 heavy (non-hydrogen) atoms. The number of nitrogens with one attached hydrogen (secondary N) is 2. The predicted molar refractivity (Wildman–Crippen MR) is 52.8 cm³/mol. The third-order valence-electron chi connectivity index (χ3n) is 2.07. The Morgan fingerprint density at radius 1 is 0.750 bits per heavy atom. The van der Waals surface area contributed by atoms with Gasteiger partial charge >= 0.3 is 0 Å². The average molecular weight is 214 g/mol. The molecule has 3 rings (SSSR count). The molecule has 0 aliphatic carbocycles. The fourth-order valence-corrected chi connectivity index (χ4v) is 1.36. The summed E-state index contributed by atoms with van der Waals surface area (Å²) in [7, 11) is 0. The number of rotatable bonds is 2. The molecule has 0 aliphatic rings. The summed E-state index contributed by atoms with van der Waals surface area (Å²) in [6, 6.07) is 3.57. The van der Waals surface area contributed by atoms with Gasteiger partial charge in [-0.25, -0.2) is 0 Å². The van der Waals surface area contributed by atoms with Crippen LogP contribution in [-0.4, -0.2) is 41.0 Å². The lowest BCUT2D eigenvalue weighted by molar-refractivity contribution is 0.768. The van der Waals surface area contributed by atoms with Crippen LogP contribution in [0.2, 0.25) is 0 Å². The highest BCUT2D eigenvalue weighted by atomic mass is 15.4. The number of hydrogen-bond acceptors (Lipinski definition) is 6. The van der Waals surface area contributed by atoms with Crippen LogP contribution >= 0.6 is 0 Å². The van der Waals surface area contributed by atoms with Crippen LogP contribution in [0.1, 0.15) is 0 Å². The first-order valence-corrected chi connectivity index (χ1v) is 4.50. The second kappa shape index (κ2) is 3.50. The molecule has 3 heterocycles. The van der Waals surface area contributed by atoms with Crippen LogP contribution in [0.25, 0.3) is 22.8 Å². The third kappa shape index (κ3) is 1.32. The van der Waals surface area contributed by atoms with Gasteiger partial charge in [-0.3, -0.25) is 10.2 Å². The highest BCUT2D eigenvalue weighted by Gasteiger charge is 2.13. The van der Waals surface area contributed by atoms with Crippen LogP contribution in [0.3, 0.4) is 0 Å². The second-order valence-corrected chi connectivity index (χ2v) is 3.02. The van der Waals surface area contributed by atoms with E-state index in [0.29, 0.717) is 11.4 Å². The van der Waals surface area contributed by atoms with Crippen molar-refractivity contribution in [1.82, 2.24) is 41.0 Å². The molecule has 0 aromatic carbocycles. The van der Waals surface area contributed by atoms with Gasteiger partial charge in [0, 0.05) is 12.4 Å². The molecule has 0 unspecified atom stereocenters. The Hall–Kier alpha value is -2.64. The monoisotopic (exact) mass is 214 g/mol. The van der Waals surface area contributed by atoms with Crippen LogP contribution in [0.5, 0.6) is 0 Å². The van der Waals surface area contributed by atoms with Crippen LogP contribution in [0.15, 0.2) is 24.5 Å². The SMILES string of the molecule is c1cc(-c2nnnnc2-c2ccn[nH]2)[nH]n1. The van der Waals surface area contributed by atoms with E-state index < -0.39 is 0 Å². The fourth-order valence-electron chi connectivity index (χ4n) is 1.36. The summed E-state index contributed by atoms with van der Waals surface area (Å²) in [6.07, 6.45) is 3.27. The van der Waals surface area contributed by atoms with Crippen molar-refractivity contribution < 1.29 is 0 Å². The first-order valence-electron chi connectivity index (χ1n) is 4.50. The van der Waals surface area contributed by atoms with Gasteiger partial charge in [-0.15, -0.1) is 10.2 Å². The van der Waals surface area contributed by atoms with E-state index in [1.807, 2.05) is 0 Å². The van der Waals surface area contributed by atoms with Crippen molar-refractivity contribution in [3.05, 3.63) is 24.5 Å². The van der Waals surface area contributed by atoms with Gasteiger partial charge in [-0.05, 0) is 22.6 Å². The Morgan fingerprint density at radius 2 is 1.25 bits per heavy atom. The Morgan fingerprint density at radius 3 is 1.62 bits per heavy atom. The number of hydrogen-bond donors (Lipinski definition) is 2. The smallest absolute Gasteiger partial charge is 0.142 e. The second-order valence-electron chi connectivity index (χ2n) is 3.02. The maximum Gasteiger partial charge on any atom is 0.142 e. The van der Waals surface area contributed by atoms with Gasteiger partial charge in [0.2, 0.25) is 0 Å². The molecule has 0 saturated carbocycles. The van der Waals surface area contributed by atoms with Gasteiger partial charge in [0.1, 0.15) is 11.4 Å². The standard InChI is InChI=1S/C8H6N8/c1-3-9-11-5(1)7-8(14-16-15-13-7)6-2-4-10-12-6/h1-4H,(H,9,11)(H,10,12). The molecule has 0 atom stereocenters. The zero-order chi connectivity index (χ0) is 10.8. The Balaban J connectivity index is 2.19. The van der Waals surface area contributed by atoms with Crippen molar-refractivity contribution in [2.75, 3.05) is 0 Å². The van der Waals surface area contributed by atoms with E-state index in [4.69, 9.17) is 0 Å². The van der Waals surface area contributed by atoms with E-state index in [1.54, 1.807) is 24.5 Å². The van der Waals surface area contributed by atoms with Gasteiger partial charge in [-0.2, -0.15) is 10.2 Å². The van der Waals surface area contributed by atoms with E-state index in [-0.39, 0.29) is 0 Å². The lowest BCUT2D eigenvalue weighted by atomic mass is 10.2. The van der Waals surface area contributed by atoms with Crippen LogP contribution in [-0.2, 0) is 0 Å². The van der Waals surface area contributed by atoms with Crippen molar-refractivity contribution in [3.8, 4) is 22.8 Å². The number of aromatic amines is 2. The predicted octanol–water partition coefficient (Wildman–Crippen LogP) is 0.0468. The molecule has 0 fully saturated rings. The third-order valence-corrected chi connectivity index (χ3v) is 2.07. The van der Waals surface area contributed by atoms with Gasteiger partial charge in [0.05, 0.1) is 11.4 Å². The topological polar surface area (TPSA) is 109 Å². The molecule has 0 spiro atoms. The number of aromatic nitrogens is 8. The van der Waals surface area contributed by atoms with Gasteiger partial charge in [-0.1, -0.05) is 0 Å². The Labute approximate surface area is 89.1 Å². The maximum atomic E-state index is 3.93. The highest BCUT2D eigenvalue weighted by molar-refractivity contribution is 5.72. The summed E-state index contributed by atoms with van der Waals surface area (Å²) < 4.78 is 0. The summed E-state index contributed by atoms with van der Waals surface area (Å²) in [5.41, 5.74) is 2.62. The van der Waals surface area contributed by atoms with Crippen molar-refractivity contribution in [2.45, 2.75) is 0 Å². The Bertz CT molecular complexity index is 517. The maximum absolute atomic E-state index is 3.93. The molecule has 3 aromatic heterocycles. The molecular weight excluding hydrogens is 208 g/mol. The molecule has 0 amide bonds. The highest BCUT2D eigenvalue weighted by Crippen LogP contribution is 2.23. The lowest BCUT2D eigenvalue weighted by Gasteiger charge is -1.99. The van der Waals surface area contributed by atoms with E-state index in [9.17, 15) is 0 Å². The van der Waals surface area contributed by atoms with Crippen LogP contribution < -0.4 is 0 Å². The Kier molecular flexibility index (Phi) is 1.89. The summed E-state index contributed by atoms with van der Waals surface area (Å²) in [6.45, 7) is 0. The lowest BCUT2D eigenvalue weighted by Crippen LogP contribution is -1.99. The van der Waals surface area contributed by atoms with Gasteiger partial charge in [0.25, 0.3) is 0 Å². The van der Waals surface area contributed by atoms with Crippen LogP contribution in [0.4, 0.5) is 0 Å². The molecule has 0 aliphatic heterocycles. The van der Waals surface area contributed by atoms with Crippen molar-refractivity contribution in [3.63, 3.8) is 0 Å². The quantitative estimate of drug-likeness (QED) is 0.623. The van der Waals surface area contributed by atoms with Crippen LogP contribution in [0, 0.1) is 0 Å². The normalized spacial score (nSPS) is 10.5. The van der Waals surface area contributed by atoms with Gasteiger partial charge < -0.3 is 0 Å². The summed E-state index contributed by atoms with van der Waals surface area (Å²) in [5, 5.41) is 28.2. The van der Waals surface area contributed by atoms with Crippen molar-refractivity contribution in [1.29, 1.82) is 0 Å². The fraction of sp³-hybridized carbons (Fsp3) is 0. The van der Waals surface area contributed by atoms with E-state index in [0.717, 1.165) is 11.4 Å². The summed E-state index contributed by atoms with van der Waals surface area (Å²) in [5.74, 6) is 0. The molecule has 2 N–H and O–H groups in total. The zero-order valence-corrected chi connectivity index (χ0v) is 7.99. The molecule has 78 valence electrons. The largest absolute Gasteiger partial charge is 0.276 e. The van der Waals surface area contributed by atoms with Crippen molar-refractivity contribution in [2.24, 2.45) is 0 Å². The van der Waals surface area contributed by atoms with E-state index >= 15 is 0 Å². The molecule has 0 saturated heterocycles. The molecule has 8 nitrogen and oxygen atoms in total. The van der Waals surface area contributed by atoms with Crippen molar-refractivity contribution >= 4 is 0 Å². The molecule has 0 radical (unpaired) electrons. The molecule has 0 bridgehead atoms. The first kappa shape index (κ1) is 8.65. The minimum absolute atomic E-state index is 0.580. The molecule has 8 heteroatoms. The van der Waals surface area contributed by atoms with Gasteiger partial charge in [0.15, 0.2) is 0 Å². The summed E-state index contributed by atoms with van der Waals surface area (Å²) >= 11 is 0. The molecular formula is C8H6N8. The number of H-pyrrole nitrogens is 2. The summed E-state index contributed by atoms with van der Waals surface area (Å²) in [4.78, 5) is 0. The average Bonchev–Trinajstić information content (AvgIpc) is 3.03. The van der Waals surface area contributed by atoms with E-state index in [2.05, 4.69) is 41.0 Å². The molecule has 3 aromatic rings.